The maximum atomic E-state index is 12.3. The number of para-hydroxylation sites is 1. The number of anilines is 2. The third-order valence-corrected chi connectivity index (χ3v) is 4.60. The van der Waals surface area contributed by atoms with Crippen molar-refractivity contribution in [2.45, 2.75) is 0 Å². The third kappa shape index (κ3) is 3.95. The molecule has 0 aliphatic carbocycles. The Labute approximate surface area is 177 Å². The first-order chi connectivity index (χ1) is 15.3. The number of urea groups is 1. The van der Waals surface area contributed by atoms with Crippen molar-refractivity contribution in [2.75, 3.05) is 10.6 Å². The van der Waals surface area contributed by atoms with E-state index >= 15 is 0 Å². The van der Waals surface area contributed by atoms with E-state index < -0.39 is 0 Å². The highest BCUT2D eigenvalue weighted by Crippen LogP contribution is 2.23. The van der Waals surface area contributed by atoms with E-state index in [2.05, 4.69) is 25.8 Å². The number of hydrogen-bond acceptors (Lipinski definition) is 5. The lowest BCUT2D eigenvalue weighted by molar-refractivity contribution is 0.262. The molecular weight excluding hydrogens is 390 g/mol. The predicted molar refractivity (Wildman–Crippen MR) is 119 cm³/mol. The number of carbonyl (C=O) groups excluding carboxylic acids is 1. The molecule has 0 unspecified atom stereocenters. The van der Waals surface area contributed by atoms with Gasteiger partial charge in [0.05, 0.1) is 5.69 Å². The molecule has 150 valence electrons. The van der Waals surface area contributed by atoms with Gasteiger partial charge in [0.15, 0.2) is 5.65 Å². The number of rotatable bonds is 4. The molecule has 2 amide bonds. The van der Waals surface area contributed by atoms with Crippen LogP contribution in [0.3, 0.4) is 0 Å². The molecule has 0 saturated heterocycles. The molecule has 8 heteroatoms. The van der Waals surface area contributed by atoms with E-state index in [1.54, 1.807) is 10.7 Å². The highest BCUT2D eigenvalue weighted by molar-refractivity contribution is 6.00. The molecule has 3 heterocycles. The van der Waals surface area contributed by atoms with Crippen LogP contribution in [-0.2, 0) is 0 Å². The van der Waals surface area contributed by atoms with Crippen LogP contribution in [0.1, 0.15) is 0 Å². The van der Waals surface area contributed by atoms with Gasteiger partial charge < -0.3 is 10.6 Å². The fraction of sp³-hybridized carbons (Fsp3) is 0. The average Bonchev–Trinajstić information content (AvgIpc) is 3.24. The molecule has 0 aliphatic heterocycles. The van der Waals surface area contributed by atoms with Gasteiger partial charge in [-0.25, -0.2) is 4.79 Å². The van der Waals surface area contributed by atoms with Gasteiger partial charge in [-0.15, -0.1) is 10.2 Å². The molecule has 0 saturated carbocycles. The molecule has 2 N–H and O–H groups in total. The fourth-order valence-electron chi connectivity index (χ4n) is 3.17. The zero-order valence-electron chi connectivity index (χ0n) is 16.3. The number of aromatic nitrogens is 5. The van der Waals surface area contributed by atoms with E-state index in [0.29, 0.717) is 22.9 Å². The smallest absolute Gasteiger partial charge is 0.308 e. The van der Waals surface area contributed by atoms with Crippen molar-refractivity contribution in [3.8, 4) is 22.8 Å². The van der Waals surface area contributed by atoms with E-state index in [1.165, 1.54) is 0 Å². The van der Waals surface area contributed by atoms with Crippen LogP contribution in [0.2, 0.25) is 0 Å². The summed E-state index contributed by atoms with van der Waals surface area (Å²) >= 11 is 0. The van der Waals surface area contributed by atoms with Gasteiger partial charge in [-0.3, -0.25) is 4.98 Å². The molecule has 0 radical (unpaired) electrons. The van der Waals surface area contributed by atoms with Crippen LogP contribution < -0.4 is 10.6 Å². The van der Waals surface area contributed by atoms with Crippen LogP contribution in [-0.4, -0.2) is 30.8 Å². The summed E-state index contributed by atoms with van der Waals surface area (Å²) in [5.41, 5.74) is 4.25. The maximum Gasteiger partial charge on any atom is 0.323 e. The van der Waals surface area contributed by atoms with Crippen LogP contribution >= 0.6 is 0 Å². The Bertz CT molecular complexity index is 1350. The van der Waals surface area contributed by atoms with Crippen molar-refractivity contribution in [1.82, 2.24) is 24.8 Å². The standard InChI is InChI=1S/C23H17N7O/c31-23(25-17-8-2-1-3-9-17)26-18-10-6-7-16(15-18)19-12-13-21-27-28-22(30(21)29-19)20-11-4-5-14-24-20/h1-15H,(H2,25,26,31). The number of benzene rings is 2. The van der Waals surface area contributed by atoms with Crippen LogP contribution in [0.15, 0.2) is 91.1 Å². The summed E-state index contributed by atoms with van der Waals surface area (Å²) in [5, 5.41) is 18.7. The number of amides is 2. The van der Waals surface area contributed by atoms with E-state index in [0.717, 1.165) is 16.9 Å². The quantitative estimate of drug-likeness (QED) is 0.457. The summed E-state index contributed by atoms with van der Waals surface area (Å²) in [7, 11) is 0. The Morgan fingerprint density at radius 1 is 0.742 bits per heavy atom. The SMILES string of the molecule is O=C(Nc1ccccc1)Nc1cccc(-c2ccc3nnc(-c4ccccn4)n3n2)c1. The topological polar surface area (TPSA) is 97.1 Å². The summed E-state index contributed by atoms with van der Waals surface area (Å²) in [6.45, 7) is 0. The Morgan fingerprint density at radius 2 is 1.55 bits per heavy atom. The molecule has 0 fully saturated rings. The molecule has 5 rings (SSSR count). The molecule has 0 bridgehead atoms. The minimum Gasteiger partial charge on any atom is -0.308 e. The minimum atomic E-state index is -0.317. The monoisotopic (exact) mass is 407 g/mol. The summed E-state index contributed by atoms with van der Waals surface area (Å²) in [4.78, 5) is 16.6. The van der Waals surface area contributed by atoms with E-state index in [-0.39, 0.29) is 6.03 Å². The summed E-state index contributed by atoms with van der Waals surface area (Å²) < 4.78 is 1.67. The van der Waals surface area contributed by atoms with Gasteiger partial charge in [-0.1, -0.05) is 36.4 Å². The van der Waals surface area contributed by atoms with E-state index in [9.17, 15) is 4.79 Å². The zero-order chi connectivity index (χ0) is 21.0. The third-order valence-electron chi connectivity index (χ3n) is 4.60. The van der Waals surface area contributed by atoms with E-state index in [4.69, 9.17) is 5.10 Å². The number of hydrogen-bond donors (Lipinski definition) is 2. The van der Waals surface area contributed by atoms with Crippen LogP contribution in [0, 0.1) is 0 Å². The van der Waals surface area contributed by atoms with Gasteiger partial charge in [0.1, 0.15) is 5.69 Å². The largest absolute Gasteiger partial charge is 0.323 e. The molecule has 2 aromatic carbocycles. The van der Waals surface area contributed by atoms with Gasteiger partial charge in [-0.2, -0.15) is 9.61 Å². The number of pyridine rings is 1. The fourth-order valence-corrected chi connectivity index (χ4v) is 3.17. The Morgan fingerprint density at radius 3 is 2.39 bits per heavy atom. The second-order valence-corrected chi connectivity index (χ2v) is 6.75. The lowest BCUT2D eigenvalue weighted by atomic mass is 10.1. The average molecular weight is 407 g/mol. The first-order valence-electron chi connectivity index (χ1n) is 9.64. The Kier molecular flexibility index (Phi) is 4.78. The molecular formula is C23H17N7O. The first-order valence-corrected chi connectivity index (χ1v) is 9.64. The van der Waals surface area contributed by atoms with E-state index in [1.807, 2.05) is 84.9 Å². The lowest BCUT2D eigenvalue weighted by Gasteiger charge is -2.09. The predicted octanol–water partition coefficient (Wildman–Crippen LogP) is 4.50. The lowest BCUT2D eigenvalue weighted by Crippen LogP contribution is -2.19. The highest BCUT2D eigenvalue weighted by Gasteiger charge is 2.12. The molecule has 31 heavy (non-hydrogen) atoms. The number of nitrogens with one attached hydrogen (secondary N) is 2. The van der Waals surface area contributed by atoms with Gasteiger partial charge >= 0.3 is 6.03 Å². The second-order valence-electron chi connectivity index (χ2n) is 6.75. The van der Waals surface area contributed by atoms with Crippen LogP contribution in [0.25, 0.3) is 28.4 Å². The first kappa shape index (κ1) is 18.4. The summed E-state index contributed by atoms with van der Waals surface area (Å²) in [6, 6.07) is 25.8. The molecule has 3 aromatic heterocycles. The second kappa shape index (κ2) is 8.03. The van der Waals surface area contributed by atoms with Gasteiger partial charge in [0.2, 0.25) is 5.82 Å². The van der Waals surface area contributed by atoms with Crippen molar-refractivity contribution in [2.24, 2.45) is 0 Å². The normalized spacial score (nSPS) is 10.7. The molecule has 5 aromatic rings. The van der Waals surface area contributed by atoms with Crippen molar-refractivity contribution in [3.05, 3.63) is 91.1 Å². The van der Waals surface area contributed by atoms with Crippen molar-refractivity contribution < 1.29 is 4.79 Å². The summed E-state index contributed by atoms with van der Waals surface area (Å²) in [5.74, 6) is 0.564. The van der Waals surface area contributed by atoms with Crippen molar-refractivity contribution >= 4 is 23.1 Å². The Hall–Kier alpha value is -4.59. The number of carbonyl (C=O) groups is 1. The van der Waals surface area contributed by atoms with Crippen LogP contribution in [0.5, 0.6) is 0 Å². The molecule has 0 spiro atoms. The Balaban J connectivity index is 1.42. The zero-order valence-corrected chi connectivity index (χ0v) is 16.3. The summed E-state index contributed by atoms with van der Waals surface area (Å²) in [6.07, 6.45) is 1.70. The van der Waals surface area contributed by atoms with Crippen molar-refractivity contribution in [1.29, 1.82) is 0 Å². The van der Waals surface area contributed by atoms with Crippen molar-refractivity contribution in [3.63, 3.8) is 0 Å². The minimum absolute atomic E-state index is 0.317. The molecule has 8 nitrogen and oxygen atoms in total. The highest BCUT2D eigenvalue weighted by atomic mass is 16.2. The number of nitrogens with zero attached hydrogens (tertiary/aromatic N) is 5. The van der Waals surface area contributed by atoms with Crippen LogP contribution in [0.4, 0.5) is 16.2 Å². The van der Waals surface area contributed by atoms with Gasteiger partial charge in [-0.05, 0) is 48.5 Å². The maximum absolute atomic E-state index is 12.3. The van der Waals surface area contributed by atoms with Gasteiger partial charge in [0, 0.05) is 23.1 Å². The van der Waals surface area contributed by atoms with Gasteiger partial charge in [0.25, 0.3) is 0 Å². The molecule has 0 aliphatic rings. The number of fused-ring (bicyclic) bond motifs is 1. The molecule has 0 atom stereocenters.